The van der Waals surface area contributed by atoms with E-state index in [9.17, 15) is 19.2 Å². The van der Waals surface area contributed by atoms with Crippen LogP contribution in [0, 0.1) is 0 Å². The number of fused-ring (bicyclic) bond motifs is 1. The number of imide groups is 1. The minimum absolute atomic E-state index is 0.0533. The van der Waals surface area contributed by atoms with Crippen LogP contribution >= 0.6 is 0 Å². The number of rotatable bonds is 5. The van der Waals surface area contributed by atoms with Crippen LogP contribution in [0.2, 0.25) is 0 Å². The smallest absolute Gasteiger partial charge is 0.338 e. The number of amides is 3. The number of carbonyl (C=O) groups excluding carboxylic acids is 4. The van der Waals surface area contributed by atoms with E-state index < -0.39 is 5.97 Å². The number of hydrogen-bond donors (Lipinski definition) is 0. The van der Waals surface area contributed by atoms with E-state index in [1.807, 2.05) is 6.92 Å². The first-order valence-electron chi connectivity index (χ1n) is 10.5. The van der Waals surface area contributed by atoms with Gasteiger partial charge >= 0.3 is 5.97 Å². The van der Waals surface area contributed by atoms with Crippen molar-refractivity contribution >= 4 is 23.7 Å². The summed E-state index contributed by atoms with van der Waals surface area (Å²) in [6.45, 7) is 2.44. The zero-order chi connectivity index (χ0) is 22.0. The van der Waals surface area contributed by atoms with Gasteiger partial charge in [0.25, 0.3) is 17.7 Å². The fourth-order valence-electron chi connectivity index (χ4n) is 4.12. The fourth-order valence-corrected chi connectivity index (χ4v) is 4.12. The largest absolute Gasteiger partial charge is 0.452 e. The normalized spacial score (nSPS) is 18.2. The highest BCUT2D eigenvalue weighted by atomic mass is 16.5. The molecule has 0 bridgehead atoms. The van der Waals surface area contributed by atoms with Gasteiger partial charge in [-0.25, -0.2) is 4.79 Å². The number of carbonyl (C=O) groups is 4. The van der Waals surface area contributed by atoms with Crippen molar-refractivity contribution in [3.8, 4) is 0 Å². The number of hydrogen-bond acceptors (Lipinski definition) is 5. The summed E-state index contributed by atoms with van der Waals surface area (Å²) in [4.78, 5) is 52.9. The summed E-state index contributed by atoms with van der Waals surface area (Å²) in [5, 5.41) is 0. The first-order chi connectivity index (χ1) is 15.0. The Morgan fingerprint density at radius 3 is 2.39 bits per heavy atom. The van der Waals surface area contributed by atoms with Crippen LogP contribution in [0.1, 0.15) is 62.8 Å². The lowest BCUT2D eigenvalue weighted by atomic mass is 10.0. The summed E-state index contributed by atoms with van der Waals surface area (Å²) in [5.41, 5.74) is 1.66. The maximum Gasteiger partial charge on any atom is 0.338 e. The molecule has 0 unspecified atom stereocenters. The van der Waals surface area contributed by atoms with E-state index in [0.29, 0.717) is 23.2 Å². The van der Waals surface area contributed by atoms with Gasteiger partial charge in [-0.2, -0.15) is 0 Å². The molecule has 2 aromatic rings. The predicted octanol–water partition coefficient (Wildman–Crippen LogP) is 3.04. The molecule has 1 saturated heterocycles. The number of nitrogens with zero attached hydrogens (tertiary/aromatic N) is 2. The van der Waals surface area contributed by atoms with Gasteiger partial charge in [-0.3, -0.25) is 19.3 Å². The third-order valence-corrected chi connectivity index (χ3v) is 5.83. The fraction of sp³-hybridized carbons (Fsp3) is 0.333. The Balaban J connectivity index is 1.39. The van der Waals surface area contributed by atoms with Gasteiger partial charge in [-0.05, 0) is 56.0 Å². The van der Waals surface area contributed by atoms with Crippen LogP contribution in [0.5, 0.6) is 0 Å². The van der Waals surface area contributed by atoms with Crippen LogP contribution in [-0.2, 0) is 16.1 Å². The minimum atomic E-state index is -0.609. The zero-order valence-electron chi connectivity index (χ0n) is 17.4. The highest BCUT2D eigenvalue weighted by Crippen LogP contribution is 2.24. The molecular formula is C24H24N2O5. The highest BCUT2D eigenvalue weighted by Gasteiger charge is 2.35. The molecule has 31 heavy (non-hydrogen) atoms. The van der Waals surface area contributed by atoms with Crippen LogP contribution in [0.25, 0.3) is 0 Å². The van der Waals surface area contributed by atoms with Gasteiger partial charge < -0.3 is 9.64 Å². The Morgan fingerprint density at radius 2 is 1.71 bits per heavy atom. The van der Waals surface area contributed by atoms with Crippen molar-refractivity contribution in [3.05, 3.63) is 70.8 Å². The molecule has 7 nitrogen and oxygen atoms in total. The zero-order valence-corrected chi connectivity index (χ0v) is 17.4. The molecular weight excluding hydrogens is 396 g/mol. The average molecular weight is 420 g/mol. The average Bonchev–Trinajstić information content (AvgIpc) is 3.03. The van der Waals surface area contributed by atoms with E-state index >= 15 is 0 Å². The minimum Gasteiger partial charge on any atom is -0.452 e. The number of likely N-dealkylation sites (tertiary alicyclic amines) is 1. The second-order valence-electron chi connectivity index (χ2n) is 7.95. The molecule has 2 aliphatic rings. The molecule has 4 rings (SSSR count). The van der Waals surface area contributed by atoms with E-state index in [-0.39, 0.29) is 42.5 Å². The Hall–Kier alpha value is -3.48. The Morgan fingerprint density at radius 1 is 1.00 bits per heavy atom. The standard InChI is InChI=1S/C24H24N2O5/c1-16-7-4-5-12-25(16)21(27)15-31-24(30)18-9-6-8-17(13-18)14-26-22(28)19-10-2-3-11-20(19)23(26)29/h2-3,6,8-11,13,16H,4-5,7,12,14-15H2,1H3/t16-/m1/s1. The lowest BCUT2D eigenvalue weighted by Gasteiger charge is -2.33. The molecule has 0 spiro atoms. The van der Waals surface area contributed by atoms with Crippen LogP contribution in [-0.4, -0.2) is 52.7 Å². The summed E-state index contributed by atoms with van der Waals surface area (Å²) in [5.74, 6) is -1.50. The lowest BCUT2D eigenvalue weighted by molar-refractivity contribution is -0.137. The van der Waals surface area contributed by atoms with E-state index in [2.05, 4.69) is 0 Å². The van der Waals surface area contributed by atoms with Crippen LogP contribution in [0.4, 0.5) is 0 Å². The molecule has 0 N–H and O–H groups in total. The van der Waals surface area contributed by atoms with Gasteiger partial charge in [0.1, 0.15) is 0 Å². The third kappa shape index (κ3) is 4.21. The molecule has 1 atom stereocenters. The van der Waals surface area contributed by atoms with Crippen molar-refractivity contribution in [3.63, 3.8) is 0 Å². The summed E-state index contributed by atoms with van der Waals surface area (Å²) in [6, 6.07) is 13.4. The molecule has 160 valence electrons. The molecule has 2 heterocycles. The van der Waals surface area contributed by atoms with Crippen molar-refractivity contribution in [1.82, 2.24) is 9.80 Å². The molecule has 0 saturated carbocycles. The molecule has 2 aliphatic heterocycles. The SMILES string of the molecule is C[C@@H]1CCCCN1C(=O)COC(=O)c1cccc(CN2C(=O)c3ccccc3C2=O)c1. The van der Waals surface area contributed by atoms with E-state index in [1.54, 1.807) is 53.4 Å². The first-order valence-corrected chi connectivity index (χ1v) is 10.5. The van der Waals surface area contributed by atoms with E-state index in [4.69, 9.17) is 4.74 Å². The second kappa shape index (κ2) is 8.71. The predicted molar refractivity (Wildman–Crippen MR) is 112 cm³/mol. The Labute approximate surface area is 180 Å². The molecule has 1 fully saturated rings. The van der Waals surface area contributed by atoms with Gasteiger partial charge in [-0.15, -0.1) is 0 Å². The number of esters is 1. The molecule has 2 aromatic carbocycles. The maximum absolute atomic E-state index is 12.6. The molecule has 7 heteroatoms. The van der Waals surface area contributed by atoms with Gasteiger partial charge in [0.15, 0.2) is 6.61 Å². The Kier molecular flexibility index (Phi) is 5.84. The van der Waals surface area contributed by atoms with Crippen molar-refractivity contribution in [1.29, 1.82) is 0 Å². The summed E-state index contributed by atoms with van der Waals surface area (Å²) in [6.07, 6.45) is 3.02. The third-order valence-electron chi connectivity index (χ3n) is 5.83. The van der Waals surface area contributed by atoms with Crippen molar-refractivity contribution < 1.29 is 23.9 Å². The van der Waals surface area contributed by atoms with E-state index in [0.717, 1.165) is 24.2 Å². The maximum atomic E-state index is 12.6. The topological polar surface area (TPSA) is 84.0 Å². The van der Waals surface area contributed by atoms with Gasteiger partial charge in [0.2, 0.25) is 0 Å². The number of ether oxygens (including phenoxy) is 1. The molecule has 3 amide bonds. The van der Waals surface area contributed by atoms with Crippen LogP contribution < -0.4 is 0 Å². The second-order valence-corrected chi connectivity index (χ2v) is 7.95. The van der Waals surface area contributed by atoms with Gasteiger partial charge in [0.05, 0.1) is 23.2 Å². The summed E-state index contributed by atoms with van der Waals surface area (Å²) in [7, 11) is 0. The summed E-state index contributed by atoms with van der Waals surface area (Å²) >= 11 is 0. The number of benzene rings is 2. The molecule has 0 radical (unpaired) electrons. The molecule has 0 aliphatic carbocycles. The van der Waals surface area contributed by atoms with Crippen LogP contribution in [0.3, 0.4) is 0 Å². The van der Waals surface area contributed by atoms with Crippen molar-refractivity contribution in [2.45, 2.75) is 38.8 Å². The first kappa shape index (κ1) is 20.8. The van der Waals surface area contributed by atoms with Crippen molar-refractivity contribution in [2.75, 3.05) is 13.2 Å². The monoisotopic (exact) mass is 420 g/mol. The lowest BCUT2D eigenvalue weighted by Crippen LogP contribution is -2.44. The highest BCUT2D eigenvalue weighted by molar-refractivity contribution is 6.21. The quantitative estimate of drug-likeness (QED) is 0.548. The van der Waals surface area contributed by atoms with Gasteiger partial charge in [0, 0.05) is 12.6 Å². The van der Waals surface area contributed by atoms with Crippen molar-refractivity contribution in [2.24, 2.45) is 0 Å². The van der Waals surface area contributed by atoms with Crippen LogP contribution in [0.15, 0.2) is 48.5 Å². The molecule has 0 aromatic heterocycles. The summed E-state index contributed by atoms with van der Waals surface area (Å²) < 4.78 is 5.23. The number of piperidine rings is 1. The van der Waals surface area contributed by atoms with E-state index in [1.165, 1.54) is 0 Å². The Bertz CT molecular complexity index is 1010. The van der Waals surface area contributed by atoms with Gasteiger partial charge in [-0.1, -0.05) is 24.3 Å².